The van der Waals surface area contributed by atoms with Crippen LogP contribution in [-0.4, -0.2) is 22.1 Å². The molecule has 0 unspecified atom stereocenters. The van der Waals surface area contributed by atoms with Gasteiger partial charge in [0.1, 0.15) is 11.4 Å². The van der Waals surface area contributed by atoms with E-state index >= 15 is 0 Å². The highest BCUT2D eigenvalue weighted by Crippen LogP contribution is 2.40. The van der Waals surface area contributed by atoms with Crippen molar-refractivity contribution >= 4 is 35.0 Å². The summed E-state index contributed by atoms with van der Waals surface area (Å²) >= 11 is 12.1. The number of benzene rings is 1. The number of nitrogens with zero attached hydrogens (tertiary/aromatic N) is 2. The second kappa shape index (κ2) is 7.30. The zero-order valence-corrected chi connectivity index (χ0v) is 15.1. The fraction of sp³-hybridized carbons (Fsp3) is 0.357. The van der Waals surface area contributed by atoms with Gasteiger partial charge >= 0.3 is 6.18 Å². The SMILES string of the molecule is COCc1nn(-c2c(Cl)cc(C(F)(F)F)cc2Cl)cc1SC(C)(F)F. The third-order valence-electron chi connectivity index (χ3n) is 2.90. The van der Waals surface area contributed by atoms with Gasteiger partial charge < -0.3 is 4.74 Å². The Kier molecular flexibility index (Phi) is 5.92. The summed E-state index contributed by atoms with van der Waals surface area (Å²) in [5.41, 5.74) is -0.883. The maximum atomic E-state index is 13.3. The Labute approximate surface area is 154 Å². The molecular formula is C14H11Cl2F5N2OS. The van der Waals surface area contributed by atoms with Crippen molar-refractivity contribution in [2.75, 3.05) is 7.11 Å². The fourth-order valence-corrected chi connectivity index (χ4v) is 3.39. The standard InChI is InChI=1S/C14H11Cl2F5N2OS/c1-13(17,18)25-11-5-23(22-10(11)6-24-2)12-8(15)3-7(4-9(12)16)14(19,20)21/h3-5H,6H2,1-2H3. The van der Waals surface area contributed by atoms with Gasteiger partial charge in [0, 0.05) is 20.2 Å². The molecule has 0 aliphatic heterocycles. The molecule has 0 atom stereocenters. The van der Waals surface area contributed by atoms with E-state index in [2.05, 4.69) is 5.10 Å². The number of alkyl halides is 5. The minimum Gasteiger partial charge on any atom is -0.378 e. The molecule has 0 aliphatic rings. The third-order valence-corrected chi connectivity index (χ3v) is 4.39. The van der Waals surface area contributed by atoms with Crippen molar-refractivity contribution in [3.05, 3.63) is 39.6 Å². The number of thioether (sulfide) groups is 1. The quantitative estimate of drug-likeness (QED) is 0.435. The van der Waals surface area contributed by atoms with E-state index in [1.807, 2.05) is 0 Å². The molecular weight excluding hydrogens is 410 g/mol. The molecule has 0 fully saturated rings. The van der Waals surface area contributed by atoms with Gasteiger partial charge in [-0.25, -0.2) is 4.68 Å². The van der Waals surface area contributed by atoms with Crippen molar-refractivity contribution in [2.45, 2.75) is 29.9 Å². The largest absolute Gasteiger partial charge is 0.416 e. The maximum Gasteiger partial charge on any atom is 0.416 e. The number of hydrogen-bond donors (Lipinski definition) is 0. The van der Waals surface area contributed by atoms with Crippen LogP contribution in [0.15, 0.2) is 23.2 Å². The molecule has 3 nitrogen and oxygen atoms in total. The van der Waals surface area contributed by atoms with Crippen molar-refractivity contribution in [1.29, 1.82) is 0 Å². The summed E-state index contributed by atoms with van der Waals surface area (Å²) in [5.74, 6) is 0. The summed E-state index contributed by atoms with van der Waals surface area (Å²) < 4.78 is 70.9. The molecule has 2 rings (SSSR count). The fourth-order valence-electron chi connectivity index (χ4n) is 1.97. The van der Waals surface area contributed by atoms with Crippen molar-refractivity contribution < 1.29 is 26.7 Å². The second-order valence-electron chi connectivity index (χ2n) is 5.01. The molecule has 0 saturated heterocycles. The van der Waals surface area contributed by atoms with Gasteiger partial charge in [-0.3, -0.25) is 0 Å². The number of halogens is 7. The number of rotatable bonds is 5. The van der Waals surface area contributed by atoms with Crippen molar-refractivity contribution in [1.82, 2.24) is 9.78 Å². The van der Waals surface area contributed by atoms with Gasteiger partial charge in [0.15, 0.2) is 0 Å². The van der Waals surface area contributed by atoms with E-state index in [-0.39, 0.29) is 44.7 Å². The summed E-state index contributed by atoms with van der Waals surface area (Å²) in [4.78, 5) is 0.0985. The van der Waals surface area contributed by atoms with Crippen LogP contribution in [0, 0.1) is 0 Å². The summed E-state index contributed by atoms with van der Waals surface area (Å²) in [7, 11) is 1.36. The first-order valence-corrected chi connectivity index (χ1v) is 8.20. The molecule has 0 bridgehead atoms. The number of hydrogen-bond acceptors (Lipinski definition) is 3. The van der Waals surface area contributed by atoms with E-state index in [9.17, 15) is 22.0 Å². The minimum absolute atomic E-state index is 0.0417. The lowest BCUT2D eigenvalue weighted by Gasteiger charge is -2.12. The monoisotopic (exact) mass is 420 g/mol. The van der Waals surface area contributed by atoms with Crippen LogP contribution < -0.4 is 0 Å². The van der Waals surface area contributed by atoms with E-state index in [1.165, 1.54) is 13.3 Å². The molecule has 2 aromatic rings. The Bertz CT molecular complexity index is 751. The zero-order chi connectivity index (χ0) is 19.0. The highest BCUT2D eigenvalue weighted by molar-refractivity contribution is 8.00. The molecule has 0 spiro atoms. The van der Waals surface area contributed by atoms with Gasteiger partial charge in [0.2, 0.25) is 0 Å². The summed E-state index contributed by atoms with van der Waals surface area (Å²) in [6, 6.07) is 1.39. The maximum absolute atomic E-state index is 13.3. The normalized spacial score (nSPS) is 12.7. The van der Waals surface area contributed by atoms with E-state index in [4.69, 9.17) is 27.9 Å². The lowest BCUT2D eigenvalue weighted by Crippen LogP contribution is -2.07. The average molecular weight is 421 g/mol. The number of methoxy groups -OCH3 is 1. The smallest absolute Gasteiger partial charge is 0.378 e. The predicted molar refractivity (Wildman–Crippen MR) is 85.8 cm³/mol. The van der Waals surface area contributed by atoms with Crippen LogP contribution in [0.4, 0.5) is 22.0 Å². The highest BCUT2D eigenvalue weighted by Gasteiger charge is 2.33. The molecule has 0 saturated carbocycles. The van der Waals surface area contributed by atoms with E-state index in [0.717, 1.165) is 4.68 Å². The van der Waals surface area contributed by atoms with Crippen LogP contribution in [0.3, 0.4) is 0 Å². The first-order chi connectivity index (χ1) is 11.4. The Morgan fingerprint density at radius 3 is 2.16 bits per heavy atom. The average Bonchev–Trinajstić information content (AvgIpc) is 2.77. The summed E-state index contributed by atoms with van der Waals surface area (Å²) in [6.45, 7) is 0.644. The van der Waals surface area contributed by atoms with Crippen molar-refractivity contribution in [3.63, 3.8) is 0 Å². The van der Waals surface area contributed by atoms with E-state index < -0.39 is 17.0 Å². The molecule has 0 N–H and O–H groups in total. The number of aromatic nitrogens is 2. The van der Waals surface area contributed by atoms with E-state index in [0.29, 0.717) is 19.1 Å². The predicted octanol–water partition coefficient (Wildman–Crippen LogP) is 6.05. The van der Waals surface area contributed by atoms with Gasteiger partial charge in [-0.05, 0) is 23.9 Å². The first kappa shape index (κ1) is 20.3. The lowest BCUT2D eigenvalue weighted by atomic mass is 10.2. The molecule has 138 valence electrons. The molecule has 0 amide bonds. The van der Waals surface area contributed by atoms with Gasteiger partial charge in [0.05, 0.1) is 27.1 Å². The van der Waals surface area contributed by atoms with Crippen molar-refractivity contribution in [3.8, 4) is 5.69 Å². The Morgan fingerprint density at radius 2 is 1.72 bits per heavy atom. The van der Waals surface area contributed by atoms with Crippen LogP contribution in [0.5, 0.6) is 0 Å². The van der Waals surface area contributed by atoms with E-state index in [1.54, 1.807) is 0 Å². The first-order valence-electron chi connectivity index (χ1n) is 6.63. The summed E-state index contributed by atoms with van der Waals surface area (Å²) in [6.07, 6.45) is -3.40. The topological polar surface area (TPSA) is 27.1 Å². The zero-order valence-electron chi connectivity index (χ0n) is 12.8. The van der Waals surface area contributed by atoms with Crippen molar-refractivity contribution in [2.24, 2.45) is 0 Å². The molecule has 0 aliphatic carbocycles. The van der Waals surface area contributed by atoms with Gasteiger partial charge in [-0.2, -0.15) is 27.1 Å². The van der Waals surface area contributed by atoms with Gasteiger partial charge in [-0.15, -0.1) is 0 Å². The van der Waals surface area contributed by atoms with Crippen LogP contribution in [-0.2, 0) is 17.5 Å². The number of ether oxygens (including phenoxy) is 1. The van der Waals surface area contributed by atoms with Crippen LogP contribution >= 0.6 is 35.0 Å². The molecule has 0 radical (unpaired) electrons. The highest BCUT2D eigenvalue weighted by atomic mass is 35.5. The Hall–Kier alpha value is -1.03. The molecule has 1 aromatic heterocycles. The molecule has 11 heteroatoms. The van der Waals surface area contributed by atoms with Crippen LogP contribution in [0.2, 0.25) is 10.0 Å². The van der Waals surface area contributed by atoms with Gasteiger partial charge in [-0.1, -0.05) is 23.2 Å². The molecule has 1 heterocycles. The van der Waals surface area contributed by atoms with Crippen LogP contribution in [0.25, 0.3) is 5.69 Å². The van der Waals surface area contributed by atoms with Crippen LogP contribution in [0.1, 0.15) is 18.2 Å². The Balaban J connectivity index is 2.53. The lowest BCUT2D eigenvalue weighted by molar-refractivity contribution is -0.137. The minimum atomic E-state index is -4.62. The summed E-state index contributed by atoms with van der Waals surface area (Å²) in [5, 5.41) is 0.348. The third kappa shape index (κ3) is 4.99. The second-order valence-corrected chi connectivity index (χ2v) is 7.19. The molecule has 1 aromatic carbocycles. The molecule has 25 heavy (non-hydrogen) atoms. The Morgan fingerprint density at radius 1 is 1.16 bits per heavy atom. The van der Waals surface area contributed by atoms with Gasteiger partial charge in [0.25, 0.3) is 5.25 Å².